The van der Waals surface area contributed by atoms with Crippen molar-refractivity contribution in [2.75, 3.05) is 6.54 Å². The molecule has 0 heterocycles. The van der Waals surface area contributed by atoms with Crippen molar-refractivity contribution < 1.29 is 9.59 Å². The van der Waals surface area contributed by atoms with Crippen molar-refractivity contribution in [1.82, 2.24) is 10.2 Å². The van der Waals surface area contributed by atoms with Crippen LogP contribution < -0.4 is 5.32 Å². The highest BCUT2D eigenvalue weighted by atomic mass is 35.5. The van der Waals surface area contributed by atoms with Gasteiger partial charge in [-0.15, -0.1) is 0 Å². The van der Waals surface area contributed by atoms with E-state index in [9.17, 15) is 9.59 Å². The molecular weight excluding hydrogens is 480 g/mol. The summed E-state index contributed by atoms with van der Waals surface area (Å²) >= 11 is 6.26. The number of hydrogen-bond acceptors (Lipinski definition) is 2. The van der Waals surface area contributed by atoms with Crippen LogP contribution in [-0.2, 0) is 29.0 Å². The number of halogens is 1. The molecule has 37 heavy (non-hydrogen) atoms. The number of nitrogens with zero attached hydrogens (tertiary/aromatic N) is 1. The Morgan fingerprint density at radius 2 is 1.59 bits per heavy atom. The molecule has 0 fully saturated rings. The topological polar surface area (TPSA) is 49.4 Å². The van der Waals surface area contributed by atoms with Crippen LogP contribution in [0.2, 0.25) is 5.02 Å². The van der Waals surface area contributed by atoms with Gasteiger partial charge in [0.25, 0.3) is 0 Å². The molecule has 4 nitrogen and oxygen atoms in total. The molecule has 0 aliphatic heterocycles. The van der Waals surface area contributed by atoms with Crippen LogP contribution in [0.25, 0.3) is 0 Å². The van der Waals surface area contributed by atoms with Gasteiger partial charge in [0.1, 0.15) is 6.04 Å². The maximum Gasteiger partial charge on any atom is 0.243 e. The highest BCUT2D eigenvalue weighted by Crippen LogP contribution is 2.20. The predicted molar refractivity (Wildman–Crippen MR) is 153 cm³/mol. The molecule has 0 unspecified atom stereocenters. The number of benzene rings is 3. The molecule has 0 radical (unpaired) electrons. The van der Waals surface area contributed by atoms with Gasteiger partial charge in [0, 0.05) is 31.0 Å². The van der Waals surface area contributed by atoms with Crippen molar-refractivity contribution >= 4 is 23.4 Å². The van der Waals surface area contributed by atoms with Crippen molar-refractivity contribution in [3.8, 4) is 0 Å². The molecule has 0 aliphatic carbocycles. The number of hydrogen-bond donors (Lipinski definition) is 1. The van der Waals surface area contributed by atoms with Gasteiger partial charge in [-0.3, -0.25) is 9.59 Å². The molecule has 3 aromatic rings. The highest BCUT2D eigenvalue weighted by molar-refractivity contribution is 6.30. The number of nitrogens with one attached hydrogen (secondary N) is 1. The molecular formula is C32H39ClN2O2. The lowest BCUT2D eigenvalue weighted by molar-refractivity contribution is -0.141. The van der Waals surface area contributed by atoms with E-state index in [2.05, 4.69) is 50.4 Å². The molecule has 3 rings (SSSR count). The van der Waals surface area contributed by atoms with Crippen LogP contribution in [0.5, 0.6) is 0 Å². The Morgan fingerprint density at radius 3 is 2.24 bits per heavy atom. The monoisotopic (exact) mass is 518 g/mol. The first-order valence-electron chi connectivity index (χ1n) is 13.3. The first-order valence-corrected chi connectivity index (χ1v) is 13.7. The van der Waals surface area contributed by atoms with Crippen LogP contribution in [0.3, 0.4) is 0 Å². The molecule has 0 saturated heterocycles. The third-order valence-electron chi connectivity index (χ3n) is 6.62. The zero-order valence-electron chi connectivity index (χ0n) is 22.3. The second-order valence-electron chi connectivity index (χ2n) is 9.90. The van der Waals surface area contributed by atoms with E-state index in [-0.39, 0.29) is 11.8 Å². The summed E-state index contributed by atoms with van der Waals surface area (Å²) in [5, 5.41) is 3.68. The molecule has 5 heteroatoms. The average Bonchev–Trinajstić information content (AvgIpc) is 2.90. The molecule has 2 amide bonds. The zero-order valence-corrected chi connectivity index (χ0v) is 23.0. The van der Waals surface area contributed by atoms with E-state index >= 15 is 0 Å². The standard InChI is InChI=1S/C32H39ClN2O2/c1-4-5-20-34-32(37)30(22-26-10-7-6-8-11-26)35(23-27-12-9-13-29(33)21-27)31(36)19-16-25-14-17-28(18-15-25)24(2)3/h6-15,17-18,21,24,30H,4-5,16,19-20,22-23H2,1-3H3,(H,34,37)/t30-/m0/s1. The van der Waals surface area contributed by atoms with Crippen LogP contribution in [0.15, 0.2) is 78.9 Å². The Balaban J connectivity index is 1.86. The van der Waals surface area contributed by atoms with Crippen LogP contribution >= 0.6 is 11.6 Å². The fourth-order valence-electron chi connectivity index (χ4n) is 4.36. The Labute approximate surface area is 227 Å². The molecule has 3 aromatic carbocycles. The number of amides is 2. The van der Waals surface area contributed by atoms with E-state index in [4.69, 9.17) is 11.6 Å². The van der Waals surface area contributed by atoms with Gasteiger partial charge in [0.2, 0.25) is 11.8 Å². The minimum absolute atomic E-state index is 0.0421. The van der Waals surface area contributed by atoms with Gasteiger partial charge in [0.05, 0.1) is 0 Å². The molecule has 0 spiro atoms. The maximum atomic E-state index is 13.8. The second kappa shape index (κ2) is 14.6. The Kier molecular flexibility index (Phi) is 11.2. The van der Waals surface area contributed by atoms with Crippen LogP contribution in [0, 0.1) is 0 Å². The van der Waals surface area contributed by atoms with Crippen LogP contribution in [0.1, 0.15) is 68.2 Å². The smallest absolute Gasteiger partial charge is 0.243 e. The second-order valence-corrected chi connectivity index (χ2v) is 10.3. The van der Waals surface area contributed by atoms with E-state index in [1.807, 2.05) is 54.6 Å². The minimum atomic E-state index is -0.617. The molecule has 0 saturated carbocycles. The summed E-state index contributed by atoms with van der Waals surface area (Å²) in [4.78, 5) is 29.0. The van der Waals surface area contributed by atoms with Gasteiger partial charge in [-0.2, -0.15) is 0 Å². The lowest BCUT2D eigenvalue weighted by atomic mass is 9.99. The predicted octanol–water partition coefficient (Wildman–Crippen LogP) is 6.95. The molecule has 196 valence electrons. The minimum Gasteiger partial charge on any atom is -0.354 e. The van der Waals surface area contributed by atoms with Crippen molar-refractivity contribution in [2.45, 2.75) is 71.4 Å². The van der Waals surface area contributed by atoms with Crippen molar-refractivity contribution in [3.63, 3.8) is 0 Å². The molecule has 1 N–H and O–H groups in total. The molecule has 0 aliphatic rings. The van der Waals surface area contributed by atoms with Gasteiger partial charge in [0.15, 0.2) is 0 Å². The molecule has 1 atom stereocenters. The third-order valence-corrected chi connectivity index (χ3v) is 6.85. The van der Waals surface area contributed by atoms with E-state index in [0.29, 0.717) is 43.3 Å². The van der Waals surface area contributed by atoms with Crippen molar-refractivity contribution in [1.29, 1.82) is 0 Å². The van der Waals surface area contributed by atoms with Gasteiger partial charge in [-0.05, 0) is 53.1 Å². The maximum absolute atomic E-state index is 13.8. The largest absolute Gasteiger partial charge is 0.354 e. The summed E-state index contributed by atoms with van der Waals surface area (Å²) in [6.07, 6.45) is 3.30. The first kappa shape index (κ1) is 28.5. The van der Waals surface area contributed by atoms with Crippen molar-refractivity contribution in [3.05, 3.63) is 106 Å². The molecule has 0 bridgehead atoms. The average molecular weight is 519 g/mol. The van der Waals surface area contributed by atoms with Gasteiger partial charge >= 0.3 is 0 Å². The quantitative estimate of drug-likeness (QED) is 0.249. The summed E-state index contributed by atoms with van der Waals surface area (Å²) in [5.41, 5.74) is 4.32. The van der Waals surface area contributed by atoms with E-state index in [1.165, 1.54) is 5.56 Å². The van der Waals surface area contributed by atoms with E-state index in [0.717, 1.165) is 29.5 Å². The fraction of sp³-hybridized carbons (Fsp3) is 0.375. The summed E-state index contributed by atoms with van der Waals surface area (Å²) in [6.45, 7) is 7.36. The fourth-order valence-corrected chi connectivity index (χ4v) is 4.57. The number of unbranched alkanes of at least 4 members (excludes halogenated alkanes) is 1. The zero-order chi connectivity index (χ0) is 26.6. The highest BCUT2D eigenvalue weighted by Gasteiger charge is 2.30. The Bertz CT molecular complexity index is 1130. The lowest BCUT2D eigenvalue weighted by Gasteiger charge is -2.32. The van der Waals surface area contributed by atoms with Gasteiger partial charge in [-0.1, -0.05) is 106 Å². The lowest BCUT2D eigenvalue weighted by Crippen LogP contribution is -2.50. The third kappa shape index (κ3) is 9.05. The number of rotatable bonds is 13. The summed E-state index contributed by atoms with van der Waals surface area (Å²) < 4.78 is 0. The SMILES string of the molecule is CCCCNC(=O)[C@H](Cc1ccccc1)N(Cc1cccc(Cl)c1)C(=O)CCc1ccc(C(C)C)cc1. The van der Waals surface area contributed by atoms with Gasteiger partial charge < -0.3 is 10.2 Å². The van der Waals surface area contributed by atoms with Crippen LogP contribution in [0.4, 0.5) is 0 Å². The summed E-state index contributed by atoms with van der Waals surface area (Å²) in [6, 6.07) is 25.3. The van der Waals surface area contributed by atoms with Crippen molar-refractivity contribution in [2.24, 2.45) is 0 Å². The van der Waals surface area contributed by atoms with Gasteiger partial charge in [-0.25, -0.2) is 0 Å². The number of aryl methyl sites for hydroxylation is 1. The first-order chi connectivity index (χ1) is 17.9. The number of carbonyl (C=O) groups is 2. The summed E-state index contributed by atoms with van der Waals surface area (Å²) in [5.74, 6) is 0.308. The normalized spacial score (nSPS) is 11.8. The number of carbonyl (C=O) groups excluding carboxylic acids is 2. The van der Waals surface area contributed by atoms with Crippen LogP contribution in [-0.4, -0.2) is 29.3 Å². The van der Waals surface area contributed by atoms with E-state index < -0.39 is 6.04 Å². The Morgan fingerprint density at radius 1 is 0.892 bits per heavy atom. The van der Waals surface area contributed by atoms with E-state index in [1.54, 1.807) is 4.90 Å². The molecule has 0 aromatic heterocycles. The summed E-state index contributed by atoms with van der Waals surface area (Å²) in [7, 11) is 0. The Hall–Kier alpha value is -3.11.